The molecule has 5 nitrogen and oxygen atoms in total. The maximum atomic E-state index is 10.4. The van der Waals surface area contributed by atoms with Crippen LogP contribution in [0.15, 0.2) is 0 Å². The maximum Gasteiger partial charge on any atom is 0.302 e. The van der Waals surface area contributed by atoms with Crippen molar-refractivity contribution in [2.45, 2.75) is 12.5 Å². The molecule has 0 atom stereocenters. The molecule has 0 aliphatic carbocycles. The first-order chi connectivity index (χ1) is 5.60. The first kappa shape index (κ1) is 12.1. The standard InChI is InChI=1S/C6H12INO4/c1-5(11)12-4-6(2-9,3-10)8-7/h8-10H,2-4H2,1H3. The number of hydrogen-bond acceptors (Lipinski definition) is 5. The summed E-state index contributed by atoms with van der Waals surface area (Å²) in [7, 11) is 0. The minimum Gasteiger partial charge on any atom is -0.464 e. The van der Waals surface area contributed by atoms with E-state index in [-0.39, 0.29) is 19.8 Å². The first-order valence-corrected chi connectivity index (χ1v) is 4.41. The van der Waals surface area contributed by atoms with Crippen LogP contribution in [0.1, 0.15) is 6.92 Å². The molecule has 0 radical (unpaired) electrons. The summed E-state index contributed by atoms with van der Waals surface area (Å²) in [6.45, 7) is 0.643. The molecule has 0 spiro atoms. The molecule has 0 aliphatic rings. The lowest BCUT2D eigenvalue weighted by molar-refractivity contribution is -0.144. The van der Waals surface area contributed by atoms with Crippen molar-refractivity contribution in [1.29, 1.82) is 0 Å². The number of nitrogens with one attached hydrogen (secondary N) is 1. The minimum absolute atomic E-state index is 0.0434. The van der Waals surface area contributed by atoms with Gasteiger partial charge in [0.15, 0.2) is 0 Å². The van der Waals surface area contributed by atoms with E-state index in [0.717, 1.165) is 0 Å². The van der Waals surface area contributed by atoms with Crippen LogP contribution in [-0.2, 0) is 9.53 Å². The third kappa shape index (κ3) is 3.65. The molecule has 0 saturated heterocycles. The van der Waals surface area contributed by atoms with Gasteiger partial charge in [0.1, 0.15) is 12.1 Å². The van der Waals surface area contributed by atoms with Gasteiger partial charge in [-0.25, -0.2) is 3.53 Å². The molecule has 6 heteroatoms. The van der Waals surface area contributed by atoms with Crippen LogP contribution >= 0.6 is 22.9 Å². The molecule has 0 aromatic carbocycles. The SMILES string of the molecule is CC(=O)OCC(CO)(CO)NI. The van der Waals surface area contributed by atoms with Crippen molar-refractivity contribution in [3.8, 4) is 0 Å². The topological polar surface area (TPSA) is 78.8 Å². The summed E-state index contributed by atoms with van der Waals surface area (Å²) in [5.74, 6) is -0.437. The van der Waals surface area contributed by atoms with Crippen molar-refractivity contribution in [3.05, 3.63) is 0 Å². The first-order valence-electron chi connectivity index (χ1n) is 3.33. The Kier molecular flexibility index (Phi) is 5.72. The lowest BCUT2D eigenvalue weighted by Gasteiger charge is -2.26. The number of carbonyl (C=O) groups is 1. The van der Waals surface area contributed by atoms with E-state index in [1.165, 1.54) is 6.92 Å². The summed E-state index contributed by atoms with van der Waals surface area (Å²) in [4.78, 5) is 10.4. The molecule has 3 N–H and O–H groups in total. The van der Waals surface area contributed by atoms with E-state index in [1.807, 2.05) is 0 Å². The Bertz CT molecular complexity index is 140. The van der Waals surface area contributed by atoms with E-state index in [9.17, 15) is 4.79 Å². The zero-order valence-electron chi connectivity index (χ0n) is 6.71. The van der Waals surface area contributed by atoms with Crippen LogP contribution < -0.4 is 3.53 Å². The smallest absolute Gasteiger partial charge is 0.302 e. The van der Waals surface area contributed by atoms with Gasteiger partial charge in [-0.3, -0.25) is 4.79 Å². The summed E-state index contributed by atoms with van der Waals surface area (Å²) >= 11 is 1.79. The zero-order chi connectivity index (χ0) is 9.61. The van der Waals surface area contributed by atoms with Crippen LogP contribution in [-0.4, -0.2) is 41.5 Å². The van der Waals surface area contributed by atoms with Crippen LogP contribution in [0.5, 0.6) is 0 Å². The van der Waals surface area contributed by atoms with Crippen LogP contribution in [0.2, 0.25) is 0 Å². The summed E-state index contributed by atoms with van der Waals surface area (Å²) in [6, 6.07) is 0. The summed E-state index contributed by atoms with van der Waals surface area (Å²) < 4.78 is 7.32. The zero-order valence-corrected chi connectivity index (χ0v) is 8.87. The summed E-state index contributed by atoms with van der Waals surface area (Å²) in [6.07, 6.45) is 0. The molecule has 0 aliphatic heterocycles. The quantitative estimate of drug-likeness (QED) is 0.351. The van der Waals surface area contributed by atoms with E-state index in [1.54, 1.807) is 22.9 Å². The molecule has 0 aromatic rings. The fraction of sp³-hybridized carbons (Fsp3) is 0.833. The predicted octanol–water partition coefficient (Wildman–Crippen LogP) is -0.788. The minimum atomic E-state index is -0.938. The van der Waals surface area contributed by atoms with Gasteiger partial charge < -0.3 is 14.9 Å². The molecule has 72 valence electrons. The highest BCUT2D eigenvalue weighted by Gasteiger charge is 2.28. The third-order valence-electron chi connectivity index (χ3n) is 1.36. The van der Waals surface area contributed by atoms with Gasteiger partial charge in [-0.2, -0.15) is 0 Å². The van der Waals surface area contributed by atoms with E-state index >= 15 is 0 Å². The summed E-state index contributed by atoms with van der Waals surface area (Å²) in [5, 5.41) is 17.7. The number of aliphatic hydroxyl groups excluding tert-OH is 2. The normalized spacial score (nSPS) is 11.3. The Labute approximate surface area is 84.6 Å². The molecular weight excluding hydrogens is 277 g/mol. The van der Waals surface area contributed by atoms with E-state index in [2.05, 4.69) is 8.27 Å². The third-order valence-corrected chi connectivity index (χ3v) is 2.50. The number of hydrogen-bond donors (Lipinski definition) is 3. The van der Waals surface area contributed by atoms with Crippen molar-refractivity contribution < 1.29 is 19.7 Å². The van der Waals surface area contributed by atoms with E-state index < -0.39 is 11.5 Å². The van der Waals surface area contributed by atoms with Crippen LogP contribution in [0.25, 0.3) is 0 Å². The van der Waals surface area contributed by atoms with Gasteiger partial charge in [-0.05, 0) is 0 Å². The molecule has 0 aromatic heterocycles. The molecule has 0 bridgehead atoms. The molecule has 0 heterocycles. The average Bonchev–Trinajstić information content (AvgIpc) is 2.08. The second-order valence-electron chi connectivity index (χ2n) is 2.47. The lowest BCUT2D eigenvalue weighted by atomic mass is 10.1. The van der Waals surface area contributed by atoms with E-state index in [0.29, 0.717) is 0 Å². The highest BCUT2D eigenvalue weighted by atomic mass is 127. The van der Waals surface area contributed by atoms with Gasteiger partial charge in [0.2, 0.25) is 0 Å². The maximum absolute atomic E-state index is 10.4. The number of aliphatic hydroxyl groups is 2. The van der Waals surface area contributed by atoms with Crippen molar-refractivity contribution >= 4 is 28.8 Å². The second kappa shape index (κ2) is 5.68. The van der Waals surface area contributed by atoms with Gasteiger partial charge in [-0.1, -0.05) is 0 Å². The monoisotopic (exact) mass is 289 g/mol. The van der Waals surface area contributed by atoms with E-state index in [4.69, 9.17) is 10.2 Å². The van der Waals surface area contributed by atoms with Crippen LogP contribution in [0.4, 0.5) is 0 Å². The molecule has 0 unspecified atom stereocenters. The number of halogens is 1. The number of carbonyl (C=O) groups excluding carboxylic acids is 1. The van der Waals surface area contributed by atoms with Gasteiger partial charge in [0.05, 0.1) is 13.2 Å². The molecule has 0 saturated carbocycles. The highest BCUT2D eigenvalue weighted by Crippen LogP contribution is 2.06. The Morgan fingerprint density at radius 2 is 2.08 bits per heavy atom. The molecule has 0 amide bonds. The lowest BCUT2D eigenvalue weighted by Crippen LogP contribution is -2.51. The van der Waals surface area contributed by atoms with Crippen molar-refractivity contribution in [2.75, 3.05) is 19.8 Å². The van der Waals surface area contributed by atoms with Crippen molar-refractivity contribution in [2.24, 2.45) is 0 Å². The Balaban J connectivity index is 4.01. The Morgan fingerprint density at radius 3 is 2.33 bits per heavy atom. The molecule has 0 fully saturated rings. The van der Waals surface area contributed by atoms with Gasteiger partial charge in [0.25, 0.3) is 0 Å². The molecule has 12 heavy (non-hydrogen) atoms. The predicted molar refractivity (Wildman–Crippen MR) is 50.7 cm³/mol. The Morgan fingerprint density at radius 1 is 1.58 bits per heavy atom. The van der Waals surface area contributed by atoms with Gasteiger partial charge >= 0.3 is 5.97 Å². The Hall–Kier alpha value is 0.0800. The molecular formula is C6H12INO4. The van der Waals surface area contributed by atoms with Crippen LogP contribution in [0, 0.1) is 0 Å². The molecule has 0 rings (SSSR count). The van der Waals surface area contributed by atoms with Gasteiger partial charge in [0, 0.05) is 29.8 Å². The largest absolute Gasteiger partial charge is 0.464 e. The fourth-order valence-electron chi connectivity index (χ4n) is 0.468. The second-order valence-corrected chi connectivity index (χ2v) is 3.01. The number of esters is 1. The number of ether oxygens (including phenoxy) is 1. The number of rotatable bonds is 5. The summed E-state index contributed by atoms with van der Waals surface area (Å²) in [5.41, 5.74) is -0.938. The van der Waals surface area contributed by atoms with Crippen molar-refractivity contribution in [3.63, 3.8) is 0 Å². The fourth-order valence-corrected chi connectivity index (χ4v) is 0.965. The highest BCUT2D eigenvalue weighted by molar-refractivity contribution is 14.1. The van der Waals surface area contributed by atoms with Crippen molar-refractivity contribution in [1.82, 2.24) is 3.53 Å². The van der Waals surface area contributed by atoms with Gasteiger partial charge in [-0.15, -0.1) is 0 Å². The average molecular weight is 289 g/mol. The van der Waals surface area contributed by atoms with Crippen LogP contribution in [0.3, 0.4) is 0 Å².